The molecule has 0 aliphatic carbocycles. The number of ether oxygens (including phenoxy) is 1. The van der Waals surface area contributed by atoms with E-state index in [-0.39, 0.29) is 52.2 Å². The monoisotopic (exact) mass is 493 g/mol. The van der Waals surface area contributed by atoms with Crippen LogP contribution in [-0.4, -0.2) is 45.9 Å². The molecule has 3 rings (SSSR count). The molecule has 2 amide bonds. The summed E-state index contributed by atoms with van der Waals surface area (Å²) in [6.45, 7) is 4.40. The molecule has 33 heavy (non-hydrogen) atoms. The molecule has 0 aliphatic heterocycles. The summed E-state index contributed by atoms with van der Waals surface area (Å²) in [6.07, 6.45) is 1.49. The van der Waals surface area contributed by atoms with Crippen LogP contribution >= 0.6 is 23.2 Å². The van der Waals surface area contributed by atoms with Crippen molar-refractivity contribution in [3.63, 3.8) is 0 Å². The fourth-order valence-electron chi connectivity index (χ4n) is 3.04. The maximum atomic E-state index is 13.3. The molecule has 0 radical (unpaired) electrons. The average Bonchev–Trinajstić information content (AvgIpc) is 3.17. The molecule has 0 fully saturated rings. The quantitative estimate of drug-likeness (QED) is 0.476. The van der Waals surface area contributed by atoms with Gasteiger partial charge in [-0.15, -0.1) is 5.10 Å². The van der Waals surface area contributed by atoms with E-state index in [4.69, 9.17) is 27.9 Å². The van der Waals surface area contributed by atoms with Gasteiger partial charge in [-0.25, -0.2) is 14.1 Å². The molecule has 0 atom stereocenters. The van der Waals surface area contributed by atoms with Gasteiger partial charge in [0.25, 0.3) is 11.8 Å². The first-order chi connectivity index (χ1) is 15.7. The van der Waals surface area contributed by atoms with E-state index in [0.717, 1.165) is 0 Å². The number of pyridine rings is 1. The van der Waals surface area contributed by atoms with E-state index in [2.05, 4.69) is 20.7 Å². The lowest BCUT2D eigenvalue weighted by Crippen LogP contribution is -2.31. The summed E-state index contributed by atoms with van der Waals surface area (Å²) in [5.41, 5.74) is 1.10. The lowest BCUT2D eigenvalue weighted by molar-refractivity contribution is 0.0944. The Hall–Kier alpha value is -3.17. The number of nitrogens with one attached hydrogen (secondary N) is 2. The average molecular weight is 494 g/mol. The minimum absolute atomic E-state index is 0.0186. The largest absolute Gasteiger partial charge is 0.474 e. The molecule has 11 heteroatoms. The molecule has 0 aliphatic rings. The molecule has 0 bridgehead atoms. The van der Waals surface area contributed by atoms with Crippen molar-refractivity contribution in [3.8, 4) is 11.7 Å². The SMILES string of the molecule is Cc1cc(Cl)cc(C(=O)NC(C)C)c1NC(=O)c1cc(OCCF)nn1-c1ncccc1Cl. The van der Waals surface area contributed by atoms with Crippen LogP contribution in [0, 0.1) is 6.92 Å². The first-order valence-electron chi connectivity index (χ1n) is 10.0. The number of benzene rings is 1. The number of aryl methyl sites for hydroxylation is 1. The topological polar surface area (TPSA) is 98.1 Å². The van der Waals surface area contributed by atoms with Crippen LogP contribution in [-0.2, 0) is 0 Å². The van der Waals surface area contributed by atoms with Gasteiger partial charge < -0.3 is 15.4 Å². The van der Waals surface area contributed by atoms with Gasteiger partial charge in [0.2, 0.25) is 5.88 Å². The molecule has 3 aromatic rings. The Morgan fingerprint density at radius 1 is 1.21 bits per heavy atom. The van der Waals surface area contributed by atoms with Crippen LogP contribution in [0.2, 0.25) is 10.0 Å². The third-order valence-corrected chi connectivity index (χ3v) is 4.90. The zero-order valence-electron chi connectivity index (χ0n) is 18.2. The first kappa shape index (κ1) is 24.5. The van der Waals surface area contributed by atoms with Gasteiger partial charge >= 0.3 is 0 Å². The van der Waals surface area contributed by atoms with Gasteiger partial charge in [-0.3, -0.25) is 9.59 Å². The highest BCUT2D eigenvalue weighted by Gasteiger charge is 2.23. The van der Waals surface area contributed by atoms with E-state index in [0.29, 0.717) is 10.6 Å². The van der Waals surface area contributed by atoms with Gasteiger partial charge in [0, 0.05) is 23.3 Å². The number of amides is 2. The highest BCUT2D eigenvalue weighted by Crippen LogP contribution is 2.28. The van der Waals surface area contributed by atoms with Crippen LogP contribution in [0.5, 0.6) is 5.88 Å². The van der Waals surface area contributed by atoms with E-state index in [1.807, 2.05) is 13.8 Å². The van der Waals surface area contributed by atoms with Crippen LogP contribution in [0.4, 0.5) is 10.1 Å². The number of aromatic nitrogens is 3. The zero-order chi connectivity index (χ0) is 24.1. The Morgan fingerprint density at radius 3 is 2.64 bits per heavy atom. The van der Waals surface area contributed by atoms with E-state index in [1.54, 1.807) is 25.1 Å². The summed E-state index contributed by atoms with van der Waals surface area (Å²) < 4.78 is 19.0. The molecule has 2 aromatic heterocycles. The third-order valence-electron chi connectivity index (χ3n) is 4.39. The van der Waals surface area contributed by atoms with Crippen molar-refractivity contribution in [1.29, 1.82) is 0 Å². The highest BCUT2D eigenvalue weighted by atomic mass is 35.5. The summed E-state index contributed by atoms with van der Waals surface area (Å²) in [5.74, 6) is -0.794. The number of hydrogen-bond donors (Lipinski definition) is 2. The number of carbonyl (C=O) groups excluding carboxylic acids is 2. The van der Waals surface area contributed by atoms with Crippen molar-refractivity contribution >= 4 is 40.7 Å². The fraction of sp³-hybridized carbons (Fsp3) is 0.273. The predicted molar refractivity (Wildman–Crippen MR) is 125 cm³/mol. The van der Waals surface area contributed by atoms with Crippen LogP contribution in [0.3, 0.4) is 0 Å². The summed E-state index contributed by atoms with van der Waals surface area (Å²) in [5, 5.41) is 10.3. The number of anilines is 1. The van der Waals surface area contributed by atoms with Crippen LogP contribution in [0.15, 0.2) is 36.5 Å². The highest BCUT2D eigenvalue weighted by molar-refractivity contribution is 6.32. The van der Waals surface area contributed by atoms with Crippen LogP contribution in [0.1, 0.15) is 40.3 Å². The molecule has 2 N–H and O–H groups in total. The Kier molecular flexibility index (Phi) is 7.88. The normalized spacial score (nSPS) is 10.9. The Labute approximate surface area is 200 Å². The fourth-order valence-corrected chi connectivity index (χ4v) is 3.51. The molecule has 0 spiro atoms. The first-order valence-corrected chi connectivity index (χ1v) is 10.8. The second-order valence-corrected chi connectivity index (χ2v) is 8.20. The zero-order valence-corrected chi connectivity index (χ0v) is 19.7. The van der Waals surface area contributed by atoms with Crippen molar-refractivity contribution in [2.24, 2.45) is 0 Å². The van der Waals surface area contributed by atoms with Crippen molar-refractivity contribution in [1.82, 2.24) is 20.1 Å². The Balaban J connectivity index is 2.04. The summed E-state index contributed by atoms with van der Waals surface area (Å²) >= 11 is 12.4. The maximum absolute atomic E-state index is 13.3. The molecular formula is C22H22Cl2FN5O3. The van der Waals surface area contributed by atoms with Crippen molar-refractivity contribution in [2.75, 3.05) is 18.6 Å². The van der Waals surface area contributed by atoms with E-state index >= 15 is 0 Å². The molecule has 8 nitrogen and oxygen atoms in total. The number of carbonyl (C=O) groups is 2. The van der Waals surface area contributed by atoms with Gasteiger partial charge in [-0.1, -0.05) is 23.2 Å². The molecule has 2 heterocycles. The van der Waals surface area contributed by atoms with E-state index in [9.17, 15) is 14.0 Å². The second kappa shape index (κ2) is 10.6. The number of rotatable bonds is 8. The molecule has 174 valence electrons. The third kappa shape index (κ3) is 5.80. The van der Waals surface area contributed by atoms with Gasteiger partial charge in [-0.2, -0.15) is 0 Å². The summed E-state index contributed by atoms with van der Waals surface area (Å²) in [6, 6.07) is 7.55. The Bertz CT molecular complexity index is 1180. The minimum Gasteiger partial charge on any atom is -0.474 e. The minimum atomic E-state index is -0.725. The second-order valence-electron chi connectivity index (χ2n) is 7.35. The number of nitrogens with zero attached hydrogens (tertiary/aromatic N) is 3. The Morgan fingerprint density at radius 2 is 1.97 bits per heavy atom. The van der Waals surface area contributed by atoms with Gasteiger partial charge in [0.1, 0.15) is 19.0 Å². The van der Waals surface area contributed by atoms with Crippen LogP contribution < -0.4 is 15.4 Å². The molecule has 1 aromatic carbocycles. The van der Waals surface area contributed by atoms with Gasteiger partial charge in [0.15, 0.2) is 5.82 Å². The molecular weight excluding hydrogens is 472 g/mol. The smallest absolute Gasteiger partial charge is 0.274 e. The van der Waals surface area contributed by atoms with Crippen molar-refractivity contribution in [2.45, 2.75) is 26.8 Å². The number of hydrogen-bond acceptors (Lipinski definition) is 5. The van der Waals surface area contributed by atoms with Crippen LogP contribution in [0.25, 0.3) is 5.82 Å². The lowest BCUT2D eigenvalue weighted by Gasteiger charge is -2.16. The maximum Gasteiger partial charge on any atom is 0.274 e. The summed E-state index contributed by atoms with van der Waals surface area (Å²) in [7, 11) is 0. The predicted octanol–water partition coefficient (Wildman–Crippen LogP) is 4.62. The van der Waals surface area contributed by atoms with Gasteiger partial charge in [0.05, 0.1) is 16.3 Å². The standard InChI is InChI=1S/C22H22Cl2FN5O3/c1-12(2)27-21(31)15-10-14(23)9-13(3)19(15)28-22(32)17-11-18(33-8-6-25)29-30(17)20-16(24)5-4-7-26-20/h4-5,7,9-12H,6,8H2,1-3H3,(H,27,31)(H,28,32). The van der Waals surface area contributed by atoms with Crippen molar-refractivity contribution in [3.05, 3.63) is 63.4 Å². The molecule has 0 saturated carbocycles. The van der Waals surface area contributed by atoms with E-state index in [1.165, 1.54) is 23.0 Å². The van der Waals surface area contributed by atoms with E-state index < -0.39 is 12.6 Å². The molecule has 0 unspecified atom stereocenters. The number of halogens is 3. The summed E-state index contributed by atoms with van der Waals surface area (Å²) in [4.78, 5) is 30.2. The lowest BCUT2D eigenvalue weighted by atomic mass is 10.1. The van der Waals surface area contributed by atoms with Gasteiger partial charge in [-0.05, 0) is 50.6 Å². The molecule has 0 saturated heterocycles. The number of alkyl halides is 1. The van der Waals surface area contributed by atoms with Crippen molar-refractivity contribution < 1.29 is 18.7 Å².